The molecule has 1 aromatic carbocycles. The summed E-state index contributed by atoms with van der Waals surface area (Å²) in [5.74, 6) is -0.120. The summed E-state index contributed by atoms with van der Waals surface area (Å²) < 4.78 is 0. The first kappa shape index (κ1) is 12.2. The van der Waals surface area contributed by atoms with Crippen LogP contribution in [0.1, 0.15) is 29.6 Å². The largest absolute Gasteiger partial charge is 0.349 e. The average Bonchev–Trinajstić information content (AvgIpc) is 3.13. The van der Waals surface area contributed by atoms with Crippen LogP contribution in [-0.4, -0.2) is 30.4 Å². The molecule has 1 aliphatic heterocycles. The molecule has 1 saturated heterocycles. The summed E-state index contributed by atoms with van der Waals surface area (Å²) in [7, 11) is 0. The average molecular weight is 259 g/mol. The molecule has 1 aromatic rings. The normalized spacial score (nSPS) is 22.7. The predicted molar refractivity (Wildman–Crippen MR) is 71.9 cm³/mol. The van der Waals surface area contributed by atoms with Crippen LogP contribution in [0, 0.1) is 0 Å². The molecule has 3 rings (SSSR count). The first-order valence-electron chi connectivity index (χ1n) is 6.61. The van der Waals surface area contributed by atoms with Crippen molar-refractivity contribution in [1.82, 2.24) is 5.32 Å². The van der Waals surface area contributed by atoms with Gasteiger partial charge >= 0.3 is 0 Å². The molecule has 5 nitrogen and oxygen atoms in total. The lowest BCUT2D eigenvalue weighted by Crippen LogP contribution is -2.32. The molecule has 2 amide bonds. The molecule has 2 aliphatic rings. The smallest absolute Gasteiger partial charge is 0.253 e. The molecule has 1 saturated carbocycles. The number of anilines is 1. The molecular weight excluding hydrogens is 242 g/mol. The fraction of sp³-hybridized carbons (Fsp3) is 0.429. The van der Waals surface area contributed by atoms with E-state index in [4.69, 9.17) is 5.73 Å². The highest BCUT2D eigenvalue weighted by Gasteiger charge is 2.31. The van der Waals surface area contributed by atoms with Gasteiger partial charge < -0.3 is 16.0 Å². The van der Waals surface area contributed by atoms with E-state index in [-0.39, 0.29) is 17.9 Å². The van der Waals surface area contributed by atoms with Crippen LogP contribution in [0.2, 0.25) is 0 Å². The van der Waals surface area contributed by atoms with Gasteiger partial charge in [0.05, 0.1) is 11.3 Å². The fourth-order valence-electron chi connectivity index (χ4n) is 2.36. The molecule has 1 unspecified atom stereocenters. The Kier molecular flexibility index (Phi) is 2.98. The standard InChI is InChI=1S/C14H17N3O2/c15-9-7-13(18)17(8-9)12-4-2-1-3-11(12)14(19)16-10-5-6-10/h1-4,9-10H,5-8,15H2,(H,16,19). The van der Waals surface area contributed by atoms with E-state index >= 15 is 0 Å². The Bertz CT molecular complexity index is 525. The minimum atomic E-state index is -0.146. The van der Waals surface area contributed by atoms with Crippen LogP contribution in [0.15, 0.2) is 24.3 Å². The van der Waals surface area contributed by atoms with E-state index < -0.39 is 0 Å². The lowest BCUT2D eigenvalue weighted by molar-refractivity contribution is -0.117. The second kappa shape index (κ2) is 4.66. The Labute approximate surface area is 111 Å². The molecule has 1 aliphatic carbocycles. The monoisotopic (exact) mass is 259 g/mol. The van der Waals surface area contributed by atoms with E-state index in [0.29, 0.717) is 30.3 Å². The van der Waals surface area contributed by atoms with Gasteiger partial charge in [-0.25, -0.2) is 0 Å². The summed E-state index contributed by atoms with van der Waals surface area (Å²) in [5, 5.41) is 2.95. The molecule has 0 radical (unpaired) electrons. The summed E-state index contributed by atoms with van der Waals surface area (Å²) >= 11 is 0. The maximum Gasteiger partial charge on any atom is 0.253 e. The van der Waals surface area contributed by atoms with Gasteiger partial charge in [0.15, 0.2) is 0 Å². The van der Waals surface area contributed by atoms with E-state index in [1.165, 1.54) is 0 Å². The molecule has 0 bridgehead atoms. The summed E-state index contributed by atoms with van der Waals surface area (Å²) in [5.41, 5.74) is 7.02. The number of rotatable bonds is 3. The lowest BCUT2D eigenvalue weighted by Gasteiger charge is -2.19. The molecule has 100 valence electrons. The first-order chi connectivity index (χ1) is 9.15. The Hall–Kier alpha value is -1.88. The third kappa shape index (κ3) is 2.46. The van der Waals surface area contributed by atoms with Crippen molar-refractivity contribution in [1.29, 1.82) is 0 Å². The highest BCUT2D eigenvalue weighted by Crippen LogP contribution is 2.26. The summed E-state index contributed by atoms with van der Waals surface area (Å²) in [6.45, 7) is 0.479. The number of hydrogen-bond acceptors (Lipinski definition) is 3. The Morgan fingerprint density at radius 2 is 2.05 bits per heavy atom. The van der Waals surface area contributed by atoms with Crippen LogP contribution in [0.25, 0.3) is 0 Å². The van der Waals surface area contributed by atoms with Crippen LogP contribution in [0.3, 0.4) is 0 Å². The number of nitrogens with two attached hydrogens (primary N) is 1. The van der Waals surface area contributed by atoms with Crippen molar-refractivity contribution in [3.63, 3.8) is 0 Å². The molecule has 5 heteroatoms. The van der Waals surface area contributed by atoms with E-state index in [0.717, 1.165) is 12.8 Å². The molecule has 2 fully saturated rings. The SMILES string of the molecule is NC1CC(=O)N(c2ccccc2C(=O)NC2CC2)C1. The number of benzene rings is 1. The number of amides is 2. The maximum atomic E-state index is 12.2. The van der Waals surface area contributed by atoms with Crippen LogP contribution in [0.5, 0.6) is 0 Å². The Morgan fingerprint density at radius 3 is 2.68 bits per heavy atom. The van der Waals surface area contributed by atoms with Gasteiger partial charge in [-0.3, -0.25) is 9.59 Å². The highest BCUT2D eigenvalue weighted by molar-refractivity contribution is 6.06. The second-order valence-corrected chi connectivity index (χ2v) is 5.23. The zero-order chi connectivity index (χ0) is 13.4. The van der Waals surface area contributed by atoms with Crippen molar-refractivity contribution < 1.29 is 9.59 Å². The first-order valence-corrected chi connectivity index (χ1v) is 6.61. The minimum absolute atomic E-state index is 0.0147. The third-order valence-electron chi connectivity index (χ3n) is 3.51. The molecule has 1 atom stereocenters. The Balaban J connectivity index is 1.88. The van der Waals surface area contributed by atoms with Crippen LogP contribution in [0.4, 0.5) is 5.69 Å². The fourth-order valence-corrected chi connectivity index (χ4v) is 2.36. The zero-order valence-corrected chi connectivity index (χ0v) is 10.6. The number of carbonyl (C=O) groups is 2. The highest BCUT2D eigenvalue weighted by atomic mass is 16.2. The van der Waals surface area contributed by atoms with Crippen molar-refractivity contribution >= 4 is 17.5 Å². The molecule has 19 heavy (non-hydrogen) atoms. The van der Waals surface area contributed by atoms with Gasteiger partial charge in [0.2, 0.25) is 5.91 Å². The summed E-state index contributed by atoms with van der Waals surface area (Å²) in [6, 6.07) is 7.36. The quantitative estimate of drug-likeness (QED) is 0.836. The van der Waals surface area contributed by atoms with E-state index in [2.05, 4.69) is 5.32 Å². The second-order valence-electron chi connectivity index (χ2n) is 5.23. The van der Waals surface area contributed by atoms with Crippen molar-refractivity contribution in [2.75, 3.05) is 11.4 Å². The van der Waals surface area contributed by atoms with E-state index in [1.807, 2.05) is 12.1 Å². The topological polar surface area (TPSA) is 75.4 Å². The van der Waals surface area contributed by atoms with Gasteiger partial charge in [0.1, 0.15) is 0 Å². The molecule has 1 heterocycles. The lowest BCUT2D eigenvalue weighted by atomic mass is 10.1. The van der Waals surface area contributed by atoms with Crippen LogP contribution >= 0.6 is 0 Å². The number of nitrogens with one attached hydrogen (secondary N) is 1. The summed E-state index contributed by atoms with van der Waals surface area (Å²) in [4.78, 5) is 25.7. The van der Waals surface area contributed by atoms with Crippen molar-refractivity contribution in [3.8, 4) is 0 Å². The van der Waals surface area contributed by atoms with Crippen molar-refractivity contribution in [2.45, 2.75) is 31.3 Å². The van der Waals surface area contributed by atoms with Crippen molar-refractivity contribution in [3.05, 3.63) is 29.8 Å². The number of hydrogen-bond donors (Lipinski definition) is 2. The van der Waals surface area contributed by atoms with Crippen molar-refractivity contribution in [2.24, 2.45) is 5.73 Å². The number of carbonyl (C=O) groups excluding carboxylic acids is 2. The van der Waals surface area contributed by atoms with Gasteiger partial charge in [-0.2, -0.15) is 0 Å². The van der Waals surface area contributed by atoms with Crippen LogP contribution < -0.4 is 16.0 Å². The van der Waals surface area contributed by atoms with Gasteiger partial charge in [0, 0.05) is 25.0 Å². The maximum absolute atomic E-state index is 12.2. The van der Waals surface area contributed by atoms with Gasteiger partial charge in [-0.05, 0) is 25.0 Å². The van der Waals surface area contributed by atoms with Gasteiger partial charge in [-0.15, -0.1) is 0 Å². The van der Waals surface area contributed by atoms with E-state index in [9.17, 15) is 9.59 Å². The predicted octanol–water partition coefficient (Wildman–Crippen LogP) is 0.643. The minimum Gasteiger partial charge on any atom is -0.349 e. The van der Waals surface area contributed by atoms with Crippen LogP contribution in [-0.2, 0) is 4.79 Å². The van der Waals surface area contributed by atoms with E-state index in [1.54, 1.807) is 17.0 Å². The molecule has 0 spiro atoms. The molecular formula is C14H17N3O2. The number of nitrogens with zero attached hydrogens (tertiary/aromatic N) is 1. The summed E-state index contributed by atoms with van der Waals surface area (Å²) in [6.07, 6.45) is 2.43. The van der Waals surface area contributed by atoms with Gasteiger partial charge in [-0.1, -0.05) is 12.1 Å². The van der Waals surface area contributed by atoms with Gasteiger partial charge in [0.25, 0.3) is 5.91 Å². The Morgan fingerprint density at radius 1 is 1.32 bits per heavy atom. The molecule has 3 N–H and O–H groups in total. The zero-order valence-electron chi connectivity index (χ0n) is 10.6. The number of para-hydroxylation sites is 1. The molecule has 0 aromatic heterocycles. The third-order valence-corrected chi connectivity index (χ3v) is 3.51.